The van der Waals surface area contributed by atoms with Gasteiger partial charge in [-0.05, 0) is 29.8 Å². The zero-order chi connectivity index (χ0) is 21.8. The van der Waals surface area contributed by atoms with Crippen LogP contribution in [0, 0.1) is 27.6 Å². The number of phenols is 1. The highest BCUT2D eigenvalue weighted by molar-refractivity contribution is 5.89. The first-order valence-corrected chi connectivity index (χ1v) is 8.32. The van der Waals surface area contributed by atoms with Crippen molar-refractivity contribution in [2.75, 3.05) is 0 Å². The van der Waals surface area contributed by atoms with Gasteiger partial charge in [0.2, 0.25) is 29.0 Å². The van der Waals surface area contributed by atoms with Gasteiger partial charge in [-0.1, -0.05) is 30.3 Å². The first-order valence-electron chi connectivity index (χ1n) is 8.32. The second-order valence-corrected chi connectivity index (χ2v) is 5.91. The van der Waals surface area contributed by atoms with Gasteiger partial charge in [0.05, 0.1) is 10.5 Å². The largest absolute Gasteiger partial charge is 0.500 e. The van der Waals surface area contributed by atoms with Crippen LogP contribution in [0.4, 0.5) is 18.9 Å². The molecular weight excluding hydrogens is 407 g/mol. The Morgan fingerprint density at radius 2 is 1.60 bits per heavy atom. The Morgan fingerprint density at radius 3 is 2.20 bits per heavy atom. The number of ether oxygens (including phenoxy) is 2. The van der Waals surface area contributed by atoms with E-state index < -0.39 is 45.5 Å². The number of carbonyl (C=O) groups excluding carboxylic acids is 1. The lowest BCUT2D eigenvalue weighted by Gasteiger charge is -2.10. The molecule has 0 bridgehead atoms. The Bertz CT molecular complexity index is 1070. The summed E-state index contributed by atoms with van der Waals surface area (Å²) in [4.78, 5) is 21.2. The number of hydrogen-bond acceptors (Lipinski definition) is 6. The predicted octanol–water partition coefficient (Wildman–Crippen LogP) is 4.87. The van der Waals surface area contributed by atoms with Crippen molar-refractivity contribution >= 4 is 11.7 Å². The van der Waals surface area contributed by atoms with Crippen LogP contribution in [0.5, 0.6) is 17.2 Å². The molecule has 154 valence electrons. The molecule has 0 saturated carbocycles. The third kappa shape index (κ3) is 4.17. The molecule has 7 nitrogen and oxygen atoms in total. The number of benzene rings is 3. The van der Waals surface area contributed by atoms with Gasteiger partial charge in [-0.25, -0.2) is 4.79 Å². The van der Waals surface area contributed by atoms with Crippen LogP contribution in [0.2, 0.25) is 0 Å². The molecule has 0 aliphatic carbocycles. The molecule has 0 aromatic heterocycles. The highest BCUT2D eigenvalue weighted by Crippen LogP contribution is 2.41. The molecule has 0 saturated heterocycles. The highest BCUT2D eigenvalue weighted by atomic mass is 19.2. The Morgan fingerprint density at radius 1 is 0.967 bits per heavy atom. The van der Waals surface area contributed by atoms with Gasteiger partial charge < -0.3 is 14.6 Å². The summed E-state index contributed by atoms with van der Waals surface area (Å²) in [6, 6.07) is 13.7. The molecule has 3 aromatic rings. The Kier molecular flexibility index (Phi) is 5.86. The van der Waals surface area contributed by atoms with E-state index in [-0.39, 0.29) is 17.9 Å². The fraction of sp³-hybridized carbons (Fsp3) is 0.0500. The van der Waals surface area contributed by atoms with Crippen molar-refractivity contribution in [1.82, 2.24) is 0 Å². The zero-order valence-corrected chi connectivity index (χ0v) is 15.0. The number of esters is 1. The number of rotatable bonds is 6. The Hall–Kier alpha value is -4.08. The summed E-state index contributed by atoms with van der Waals surface area (Å²) in [6.07, 6.45) is 0. The van der Waals surface area contributed by atoms with E-state index >= 15 is 0 Å². The number of carbonyl (C=O) groups is 1. The molecule has 3 aromatic carbocycles. The van der Waals surface area contributed by atoms with Gasteiger partial charge in [-0.3, -0.25) is 10.1 Å². The molecule has 0 heterocycles. The maximum atomic E-state index is 14.1. The van der Waals surface area contributed by atoms with Crippen molar-refractivity contribution in [3.05, 3.63) is 93.3 Å². The van der Waals surface area contributed by atoms with Crippen molar-refractivity contribution in [2.45, 2.75) is 6.61 Å². The van der Waals surface area contributed by atoms with E-state index in [2.05, 4.69) is 0 Å². The Balaban J connectivity index is 1.76. The van der Waals surface area contributed by atoms with Crippen LogP contribution in [0.15, 0.2) is 54.6 Å². The maximum Gasteiger partial charge on any atom is 0.352 e. The molecule has 0 unspecified atom stereocenters. The predicted molar refractivity (Wildman–Crippen MR) is 96.7 cm³/mol. The maximum absolute atomic E-state index is 14.1. The van der Waals surface area contributed by atoms with Crippen molar-refractivity contribution in [3.8, 4) is 17.2 Å². The number of hydrogen-bond donors (Lipinski definition) is 1. The van der Waals surface area contributed by atoms with Crippen LogP contribution >= 0.6 is 0 Å². The van der Waals surface area contributed by atoms with E-state index in [1.807, 2.05) is 6.07 Å². The van der Waals surface area contributed by atoms with E-state index in [9.17, 15) is 33.2 Å². The molecule has 30 heavy (non-hydrogen) atoms. The smallest absolute Gasteiger partial charge is 0.352 e. The van der Waals surface area contributed by atoms with Gasteiger partial charge in [0.25, 0.3) is 0 Å². The normalized spacial score (nSPS) is 10.5. The molecule has 0 aliphatic heterocycles. The molecule has 0 amide bonds. The van der Waals surface area contributed by atoms with Gasteiger partial charge >= 0.3 is 11.7 Å². The zero-order valence-electron chi connectivity index (χ0n) is 15.0. The molecule has 0 spiro atoms. The minimum atomic E-state index is -2.07. The summed E-state index contributed by atoms with van der Waals surface area (Å²) in [5, 5.41) is 20.1. The quantitative estimate of drug-likeness (QED) is 0.265. The fourth-order valence-electron chi connectivity index (χ4n) is 2.46. The lowest BCUT2D eigenvalue weighted by Crippen LogP contribution is -2.05. The minimum Gasteiger partial charge on any atom is -0.500 e. The van der Waals surface area contributed by atoms with Crippen LogP contribution in [0.3, 0.4) is 0 Å². The van der Waals surface area contributed by atoms with Crippen LogP contribution in [0.25, 0.3) is 0 Å². The highest BCUT2D eigenvalue weighted by Gasteiger charge is 2.33. The Labute approximate surface area is 167 Å². The van der Waals surface area contributed by atoms with E-state index in [1.165, 1.54) is 12.1 Å². The van der Waals surface area contributed by atoms with Gasteiger partial charge in [-0.2, -0.15) is 13.2 Å². The number of halogens is 3. The number of phenolic OH excluding ortho intramolecular Hbond substituents is 1. The van der Waals surface area contributed by atoms with Crippen LogP contribution in [0.1, 0.15) is 15.9 Å². The van der Waals surface area contributed by atoms with Crippen molar-refractivity contribution in [3.63, 3.8) is 0 Å². The van der Waals surface area contributed by atoms with Crippen molar-refractivity contribution in [2.24, 2.45) is 0 Å². The van der Waals surface area contributed by atoms with Crippen molar-refractivity contribution < 1.29 is 37.5 Å². The molecule has 1 N–H and O–H groups in total. The lowest BCUT2D eigenvalue weighted by molar-refractivity contribution is -0.389. The third-order valence-electron chi connectivity index (χ3n) is 3.94. The second-order valence-electron chi connectivity index (χ2n) is 5.91. The topological polar surface area (TPSA) is 98.9 Å². The van der Waals surface area contributed by atoms with Crippen molar-refractivity contribution in [1.29, 1.82) is 0 Å². The first kappa shape index (κ1) is 20.6. The summed E-state index contributed by atoms with van der Waals surface area (Å²) < 4.78 is 51.8. The summed E-state index contributed by atoms with van der Waals surface area (Å²) in [6.45, 7) is 0.0374. The third-order valence-corrected chi connectivity index (χ3v) is 3.94. The SMILES string of the molecule is O=C(OCc1ccccc1)c1ccc(Oc2c(F)c(O)c([N+](=O)[O-])c(F)c2F)cc1. The fourth-order valence-corrected chi connectivity index (χ4v) is 2.46. The summed E-state index contributed by atoms with van der Waals surface area (Å²) in [7, 11) is 0. The van der Waals surface area contributed by atoms with Crippen LogP contribution < -0.4 is 4.74 Å². The number of aromatic hydroxyl groups is 1. The molecule has 0 fully saturated rings. The molecule has 0 radical (unpaired) electrons. The molecule has 3 rings (SSSR count). The number of nitro benzene ring substituents is 1. The van der Waals surface area contributed by atoms with Gasteiger partial charge in [0.1, 0.15) is 12.4 Å². The standard InChI is InChI=1S/C20H12F3NO6/c21-14-15(22)19(16(23)18(25)17(14)24(27)28)30-13-8-6-12(7-9-13)20(26)29-10-11-4-2-1-3-5-11/h1-9,25H,10H2. The molecule has 0 atom stereocenters. The summed E-state index contributed by atoms with van der Waals surface area (Å²) in [5.74, 6) is -9.85. The molecule has 0 aliphatic rings. The summed E-state index contributed by atoms with van der Waals surface area (Å²) >= 11 is 0. The first-order chi connectivity index (χ1) is 14.3. The van der Waals surface area contributed by atoms with Gasteiger partial charge in [-0.15, -0.1) is 0 Å². The van der Waals surface area contributed by atoms with E-state index in [4.69, 9.17) is 9.47 Å². The van der Waals surface area contributed by atoms with E-state index in [1.54, 1.807) is 24.3 Å². The number of nitro groups is 1. The second kappa shape index (κ2) is 8.52. The summed E-state index contributed by atoms with van der Waals surface area (Å²) in [5.41, 5.74) is -0.859. The van der Waals surface area contributed by atoms with Gasteiger partial charge in [0, 0.05) is 0 Å². The monoisotopic (exact) mass is 419 g/mol. The van der Waals surface area contributed by atoms with E-state index in [0.29, 0.717) is 0 Å². The van der Waals surface area contributed by atoms with Crippen LogP contribution in [-0.4, -0.2) is 16.0 Å². The van der Waals surface area contributed by atoms with Gasteiger partial charge in [0.15, 0.2) is 0 Å². The average Bonchev–Trinajstić information content (AvgIpc) is 2.74. The number of nitrogens with zero attached hydrogens (tertiary/aromatic N) is 1. The molecular formula is C20H12F3NO6. The lowest BCUT2D eigenvalue weighted by atomic mass is 10.2. The average molecular weight is 419 g/mol. The van der Waals surface area contributed by atoms with E-state index in [0.717, 1.165) is 17.7 Å². The molecule has 10 heteroatoms. The van der Waals surface area contributed by atoms with Crippen LogP contribution in [-0.2, 0) is 11.3 Å². The minimum absolute atomic E-state index is 0.0374.